The summed E-state index contributed by atoms with van der Waals surface area (Å²) < 4.78 is 12.3. The highest BCUT2D eigenvalue weighted by Crippen LogP contribution is 2.35. The number of nitrogens with zero attached hydrogens (tertiary/aromatic N) is 3. The summed E-state index contributed by atoms with van der Waals surface area (Å²) in [5, 5.41) is 0.705. The standard InChI is InChI=1S/C29H31N3O3S/c1-2-35-25-10-6-11-26-27(25)30-29(36-26)32(17-7-16-31-18-20-34-21-19-31)28(33)24-14-12-23(13-15-24)22-8-4-3-5-9-22/h3-6,8-15H,2,7,16-21H2,1H3. The Morgan fingerprint density at radius 2 is 1.75 bits per heavy atom. The van der Waals surface area contributed by atoms with Gasteiger partial charge in [0.15, 0.2) is 5.13 Å². The molecule has 0 N–H and O–H groups in total. The maximum atomic E-state index is 13.8. The Labute approximate surface area is 216 Å². The van der Waals surface area contributed by atoms with Gasteiger partial charge < -0.3 is 9.47 Å². The average molecular weight is 502 g/mol. The third kappa shape index (κ3) is 5.59. The van der Waals surface area contributed by atoms with Gasteiger partial charge in [-0.05, 0) is 48.7 Å². The van der Waals surface area contributed by atoms with Gasteiger partial charge in [-0.2, -0.15) is 0 Å². The molecule has 5 rings (SSSR count). The number of ether oxygens (including phenoxy) is 2. The van der Waals surface area contributed by atoms with E-state index in [2.05, 4.69) is 17.0 Å². The van der Waals surface area contributed by atoms with Gasteiger partial charge in [0.2, 0.25) is 0 Å². The summed E-state index contributed by atoms with van der Waals surface area (Å²) in [6.07, 6.45) is 0.863. The van der Waals surface area contributed by atoms with Crippen molar-refractivity contribution >= 4 is 32.6 Å². The van der Waals surface area contributed by atoms with Crippen LogP contribution in [0.2, 0.25) is 0 Å². The Hall–Kier alpha value is -3.26. The maximum absolute atomic E-state index is 13.8. The van der Waals surface area contributed by atoms with Crippen LogP contribution >= 0.6 is 11.3 Å². The van der Waals surface area contributed by atoms with Gasteiger partial charge in [-0.25, -0.2) is 4.98 Å². The van der Waals surface area contributed by atoms with Gasteiger partial charge >= 0.3 is 0 Å². The molecule has 1 amide bonds. The van der Waals surface area contributed by atoms with Gasteiger partial charge in [-0.1, -0.05) is 59.9 Å². The molecule has 186 valence electrons. The van der Waals surface area contributed by atoms with Crippen molar-refractivity contribution in [1.82, 2.24) is 9.88 Å². The van der Waals surface area contributed by atoms with E-state index in [1.807, 2.05) is 72.5 Å². The predicted octanol–water partition coefficient (Wildman–Crippen LogP) is 5.73. The molecule has 0 radical (unpaired) electrons. The lowest BCUT2D eigenvalue weighted by atomic mass is 10.0. The summed E-state index contributed by atoms with van der Waals surface area (Å²) in [5.41, 5.74) is 3.69. The van der Waals surface area contributed by atoms with Gasteiger partial charge in [0.1, 0.15) is 11.3 Å². The summed E-state index contributed by atoms with van der Waals surface area (Å²) in [7, 11) is 0. The normalized spacial score (nSPS) is 14.1. The number of para-hydroxylation sites is 1. The molecule has 0 atom stereocenters. The van der Waals surface area contributed by atoms with Crippen LogP contribution in [0.15, 0.2) is 72.8 Å². The molecule has 3 aromatic carbocycles. The number of hydrogen-bond acceptors (Lipinski definition) is 6. The Balaban J connectivity index is 1.40. The molecule has 0 saturated carbocycles. The average Bonchev–Trinajstić information content (AvgIpc) is 3.37. The maximum Gasteiger partial charge on any atom is 0.260 e. The van der Waals surface area contributed by atoms with Crippen molar-refractivity contribution in [2.24, 2.45) is 0 Å². The van der Waals surface area contributed by atoms with Crippen molar-refractivity contribution in [2.45, 2.75) is 13.3 Å². The van der Waals surface area contributed by atoms with Crippen LogP contribution in [0.25, 0.3) is 21.3 Å². The first kappa shape index (κ1) is 24.4. The zero-order valence-corrected chi connectivity index (χ0v) is 21.4. The zero-order chi connectivity index (χ0) is 24.7. The van der Waals surface area contributed by atoms with Gasteiger partial charge in [0.05, 0.1) is 24.5 Å². The summed E-state index contributed by atoms with van der Waals surface area (Å²) in [6.45, 7) is 7.48. The van der Waals surface area contributed by atoms with E-state index in [1.165, 1.54) is 11.3 Å². The third-order valence-corrected chi connectivity index (χ3v) is 7.39. The van der Waals surface area contributed by atoms with Crippen LogP contribution in [-0.2, 0) is 4.74 Å². The van der Waals surface area contributed by atoms with E-state index in [4.69, 9.17) is 14.5 Å². The number of rotatable bonds is 9. The van der Waals surface area contributed by atoms with E-state index in [1.54, 1.807) is 0 Å². The minimum absolute atomic E-state index is 0.0337. The number of fused-ring (bicyclic) bond motifs is 1. The van der Waals surface area contributed by atoms with Gasteiger partial charge in [0.25, 0.3) is 5.91 Å². The predicted molar refractivity (Wildman–Crippen MR) is 146 cm³/mol. The lowest BCUT2D eigenvalue weighted by Gasteiger charge is -2.27. The highest BCUT2D eigenvalue weighted by Gasteiger charge is 2.23. The molecule has 36 heavy (non-hydrogen) atoms. The number of amides is 1. The van der Waals surface area contributed by atoms with Crippen LogP contribution in [0.5, 0.6) is 5.75 Å². The molecule has 6 nitrogen and oxygen atoms in total. The number of carbonyl (C=O) groups is 1. The minimum Gasteiger partial charge on any atom is -0.492 e. The molecule has 0 bridgehead atoms. The molecular weight excluding hydrogens is 470 g/mol. The van der Waals surface area contributed by atoms with Crippen molar-refractivity contribution < 1.29 is 14.3 Å². The molecule has 4 aromatic rings. The molecule has 1 fully saturated rings. The summed E-state index contributed by atoms with van der Waals surface area (Å²) >= 11 is 1.53. The van der Waals surface area contributed by atoms with Gasteiger partial charge in [-0.15, -0.1) is 0 Å². The van der Waals surface area contributed by atoms with E-state index in [0.717, 1.165) is 66.4 Å². The van der Waals surface area contributed by atoms with Crippen LogP contribution < -0.4 is 9.64 Å². The van der Waals surface area contributed by atoms with Crippen molar-refractivity contribution in [2.75, 3.05) is 50.9 Å². The summed E-state index contributed by atoms with van der Waals surface area (Å²) in [5.74, 6) is 0.721. The van der Waals surface area contributed by atoms with Crippen molar-refractivity contribution in [1.29, 1.82) is 0 Å². The molecule has 2 heterocycles. The Morgan fingerprint density at radius 3 is 2.50 bits per heavy atom. The SMILES string of the molecule is CCOc1cccc2sc(N(CCCN3CCOCC3)C(=O)c3ccc(-c4ccccc4)cc3)nc12. The van der Waals surface area contributed by atoms with Crippen molar-refractivity contribution in [3.05, 3.63) is 78.4 Å². The molecular formula is C29H31N3O3S. The molecule has 1 aromatic heterocycles. The first-order chi connectivity index (χ1) is 17.7. The van der Waals surface area contributed by atoms with Crippen LogP contribution in [-0.4, -0.2) is 61.8 Å². The summed E-state index contributed by atoms with van der Waals surface area (Å²) in [6, 6.07) is 24.0. The number of carbonyl (C=O) groups excluding carboxylic acids is 1. The van der Waals surface area contributed by atoms with Crippen LogP contribution in [0, 0.1) is 0 Å². The molecule has 7 heteroatoms. The fourth-order valence-electron chi connectivity index (χ4n) is 4.45. The molecule has 0 spiro atoms. The number of hydrogen-bond donors (Lipinski definition) is 0. The quantitative estimate of drug-likeness (QED) is 0.293. The number of anilines is 1. The van der Waals surface area contributed by atoms with E-state index < -0.39 is 0 Å². The molecule has 1 saturated heterocycles. The third-order valence-electron chi connectivity index (χ3n) is 6.35. The first-order valence-corrected chi connectivity index (χ1v) is 13.3. The lowest BCUT2D eigenvalue weighted by molar-refractivity contribution is 0.0376. The number of aromatic nitrogens is 1. The van der Waals surface area contributed by atoms with Crippen LogP contribution in [0.3, 0.4) is 0 Å². The highest BCUT2D eigenvalue weighted by molar-refractivity contribution is 7.22. The lowest BCUT2D eigenvalue weighted by Crippen LogP contribution is -2.39. The molecule has 0 unspecified atom stereocenters. The number of morpholine rings is 1. The second-order valence-corrected chi connectivity index (χ2v) is 9.75. The molecule has 1 aliphatic heterocycles. The first-order valence-electron chi connectivity index (χ1n) is 12.5. The number of benzene rings is 3. The Kier molecular flexibility index (Phi) is 7.91. The monoisotopic (exact) mass is 501 g/mol. The van der Waals surface area contributed by atoms with Gasteiger partial charge in [-0.3, -0.25) is 14.6 Å². The molecule has 0 aliphatic carbocycles. The van der Waals surface area contributed by atoms with Crippen LogP contribution in [0.1, 0.15) is 23.7 Å². The van der Waals surface area contributed by atoms with E-state index >= 15 is 0 Å². The van der Waals surface area contributed by atoms with E-state index in [-0.39, 0.29) is 5.91 Å². The fourth-order valence-corrected chi connectivity index (χ4v) is 5.46. The van der Waals surface area contributed by atoms with E-state index in [0.29, 0.717) is 23.8 Å². The smallest absolute Gasteiger partial charge is 0.260 e. The minimum atomic E-state index is -0.0337. The second-order valence-electron chi connectivity index (χ2n) is 8.74. The highest BCUT2D eigenvalue weighted by atomic mass is 32.1. The zero-order valence-electron chi connectivity index (χ0n) is 20.6. The van der Waals surface area contributed by atoms with Crippen molar-refractivity contribution in [3.63, 3.8) is 0 Å². The van der Waals surface area contributed by atoms with Crippen molar-refractivity contribution in [3.8, 4) is 16.9 Å². The van der Waals surface area contributed by atoms with Crippen LogP contribution in [0.4, 0.5) is 5.13 Å². The van der Waals surface area contributed by atoms with Gasteiger partial charge in [0, 0.05) is 31.7 Å². The van der Waals surface area contributed by atoms with E-state index in [9.17, 15) is 4.79 Å². The Bertz CT molecular complexity index is 1280. The number of thiazole rings is 1. The summed E-state index contributed by atoms with van der Waals surface area (Å²) in [4.78, 5) is 22.9. The topological polar surface area (TPSA) is 54.9 Å². The fraction of sp³-hybridized carbons (Fsp3) is 0.310. The molecule has 1 aliphatic rings. The second kappa shape index (κ2) is 11.6. The Morgan fingerprint density at radius 1 is 1.00 bits per heavy atom. The largest absolute Gasteiger partial charge is 0.492 e.